The van der Waals surface area contributed by atoms with Crippen LogP contribution in [0.4, 0.5) is 13.2 Å². The van der Waals surface area contributed by atoms with E-state index in [2.05, 4.69) is 10.2 Å². The first-order valence-corrected chi connectivity index (χ1v) is 5.65. The van der Waals surface area contributed by atoms with Crippen molar-refractivity contribution in [2.45, 2.75) is 32.6 Å². The highest BCUT2D eigenvalue weighted by Gasteiger charge is 2.39. The number of carbonyl (C=O) groups excluding carboxylic acids is 1. The Balaban J connectivity index is 2.12. The van der Waals surface area contributed by atoms with Gasteiger partial charge in [0.25, 0.3) is 0 Å². The maximum atomic E-state index is 12.6. The minimum absolute atomic E-state index is 0.0685. The highest BCUT2D eigenvalue weighted by molar-refractivity contribution is 5.80. The van der Waals surface area contributed by atoms with Crippen molar-refractivity contribution >= 4 is 5.78 Å². The van der Waals surface area contributed by atoms with E-state index in [0.717, 1.165) is 4.57 Å². The molecule has 2 heterocycles. The Morgan fingerprint density at radius 3 is 2.67 bits per heavy atom. The zero-order valence-corrected chi connectivity index (χ0v) is 9.87. The van der Waals surface area contributed by atoms with Gasteiger partial charge in [-0.15, -0.1) is 10.2 Å². The molecule has 8 heteroatoms. The van der Waals surface area contributed by atoms with E-state index in [-0.39, 0.29) is 31.2 Å². The summed E-state index contributed by atoms with van der Waals surface area (Å²) < 4.78 is 38.8. The molecule has 0 unspecified atom stereocenters. The predicted octanol–water partition coefficient (Wildman–Crippen LogP) is 1.09. The molecule has 5 nitrogen and oxygen atoms in total. The van der Waals surface area contributed by atoms with Crippen LogP contribution in [0.15, 0.2) is 0 Å². The third-order valence-electron chi connectivity index (χ3n) is 2.88. The predicted molar refractivity (Wildman–Crippen MR) is 55.6 cm³/mol. The van der Waals surface area contributed by atoms with Crippen molar-refractivity contribution < 1.29 is 18.0 Å². The number of fused-ring (bicyclic) bond motifs is 1. The number of hydrogen-bond acceptors (Lipinski definition) is 4. The molecule has 0 N–H and O–H groups in total. The average Bonchev–Trinajstić information content (AvgIpc) is 2.71. The Labute approximate surface area is 102 Å². The zero-order chi connectivity index (χ0) is 13.3. The lowest BCUT2D eigenvalue weighted by Gasteiger charge is -2.27. The van der Waals surface area contributed by atoms with E-state index in [1.165, 1.54) is 0 Å². The van der Waals surface area contributed by atoms with Crippen molar-refractivity contribution in [1.29, 1.82) is 0 Å². The molecule has 18 heavy (non-hydrogen) atoms. The molecule has 0 aromatic carbocycles. The molecule has 0 saturated heterocycles. The molecule has 0 radical (unpaired) electrons. The van der Waals surface area contributed by atoms with E-state index in [1.54, 1.807) is 11.8 Å². The lowest BCUT2D eigenvalue weighted by atomic mass is 10.2. The molecule has 0 fully saturated rings. The molecular weight excluding hydrogens is 249 g/mol. The van der Waals surface area contributed by atoms with Crippen LogP contribution in [-0.4, -0.2) is 38.5 Å². The molecule has 0 saturated carbocycles. The van der Waals surface area contributed by atoms with Crippen LogP contribution in [0.25, 0.3) is 0 Å². The Morgan fingerprint density at radius 1 is 1.33 bits per heavy atom. The molecule has 0 aliphatic carbocycles. The number of hydrogen-bond donors (Lipinski definition) is 0. The fraction of sp³-hybridized carbons (Fsp3) is 0.700. The molecule has 100 valence electrons. The van der Waals surface area contributed by atoms with Crippen LogP contribution in [0, 0.1) is 0 Å². The number of halogens is 3. The Hall–Kier alpha value is -1.44. The topological polar surface area (TPSA) is 51.0 Å². The Kier molecular flexibility index (Phi) is 3.38. The number of rotatable bonds is 3. The van der Waals surface area contributed by atoms with Gasteiger partial charge in [0.05, 0.1) is 13.1 Å². The summed E-state index contributed by atoms with van der Waals surface area (Å²) in [5.41, 5.74) is 0. The fourth-order valence-corrected chi connectivity index (χ4v) is 1.91. The molecule has 1 aromatic heterocycles. The summed E-state index contributed by atoms with van der Waals surface area (Å²) in [6.45, 7) is 2.81. The van der Waals surface area contributed by atoms with Crippen LogP contribution in [0.5, 0.6) is 0 Å². The second-order valence-corrected chi connectivity index (χ2v) is 4.19. The zero-order valence-electron chi connectivity index (χ0n) is 9.87. The number of nitrogens with zero attached hydrogens (tertiary/aromatic N) is 4. The maximum Gasteiger partial charge on any atom is 0.451 e. The van der Waals surface area contributed by atoms with Crippen molar-refractivity contribution in [1.82, 2.24) is 19.7 Å². The van der Waals surface area contributed by atoms with Gasteiger partial charge in [0.1, 0.15) is 11.6 Å². The van der Waals surface area contributed by atoms with Gasteiger partial charge in [-0.2, -0.15) is 13.2 Å². The third-order valence-corrected chi connectivity index (χ3v) is 2.88. The van der Waals surface area contributed by atoms with Crippen LogP contribution < -0.4 is 0 Å². The second kappa shape index (κ2) is 4.68. The standard InChI is InChI=1S/C10H13F3N4O/c1-2-7(18)5-16-3-4-17-8(6-16)14-15-9(17)10(11,12)13/h2-6H2,1H3. The van der Waals surface area contributed by atoms with Crippen LogP contribution >= 0.6 is 0 Å². The first kappa shape index (κ1) is 13.0. The molecule has 0 atom stereocenters. The van der Waals surface area contributed by atoms with Gasteiger partial charge in [0.2, 0.25) is 5.82 Å². The Bertz CT molecular complexity index is 454. The molecule has 0 bridgehead atoms. The minimum Gasteiger partial charge on any atom is -0.305 e. The number of aromatic nitrogens is 3. The van der Waals surface area contributed by atoms with Crippen LogP contribution in [0.3, 0.4) is 0 Å². The van der Waals surface area contributed by atoms with Gasteiger partial charge < -0.3 is 4.57 Å². The lowest BCUT2D eigenvalue weighted by molar-refractivity contribution is -0.148. The van der Waals surface area contributed by atoms with E-state index in [9.17, 15) is 18.0 Å². The SMILES string of the molecule is CCC(=O)CN1CCn2c(nnc2C(F)(F)F)C1. The van der Waals surface area contributed by atoms with E-state index >= 15 is 0 Å². The van der Waals surface area contributed by atoms with Crippen LogP contribution in [0.2, 0.25) is 0 Å². The van der Waals surface area contributed by atoms with Gasteiger partial charge in [-0.3, -0.25) is 9.69 Å². The van der Waals surface area contributed by atoms with Gasteiger partial charge in [-0.1, -0.05) is 6.92 Å². The summed E-state index contributed by atoms with van der Waals surface area (Å²) in [7, 11) is 0. The third kappa shape index (κ3) is 2.53. The molecule has 1 aliphatic heterocycles. The molecule has 1 aromatic rings. The van der Waals surface area contributed by atoms with Crippen molar-refractivity contribution in [3.63, 3.8) is 0 Å². The summed E-state index contributed by atoms with van der Waals surface area (Å²) in [6, 6.07) is 0. The first-order valence-electron chi connectivity index (χ1n) is 5.65. The van der Waals surface area contributed by atoms with Gasteiger partial charge in [-0.05, 0) is 0 Å². The normalized spacial score (nSPS) is 16.7. The molecule has 1 aliphatic rings. The number of alkyl halides is 3. The van der Waals surface area contributed by atoms with Gasteiger partial charge in [-0.25, -0.2) is 0 Å². The summed E-state index contributed by atoms with van der Waals surface area (Å²) in [5.74, 6) is -0.629. The van der Waals surface area contributed by atoms with Crippen molar-refractivity contribution in [3.05, 3.63) is 11.6 Å². The Morgan fingerprint density at radius 2 is 2.06 bits per heavy atom. The largest absolute Gasteiger partial charge is 0.451 e. The van der Waals surface area contributed by atoms with Gasteiger partial charge in [0.15, 0.2) is 0 Å². The van der Waals surface area contributed by atoms with Gasteiger partial charge >= 0.3 is 6.18 Å². The maximum absolute atomic E-state index is 12.6. The highest BCUT2D eigenvalue weighted by atomic mass is 19.4. The van der Waals surface area contributed by atoms with Crippen molar-refractivity contribution in [2.24, 2.45) is 0 Å². The summed E-state index contributed by atoms with van der Waals surface area (Å²) in [6.07, 6.45) is -4.05. The summed E-state index contributed by atoms with van der Waals surface area (Å²) >= 11 is 0. The van der Waals surface area contributed by atoms with E-state index in [4.69, 9.17) is 0 Å². The lowest BCUT2D eigenvalue weighted by Crippen LogP contribution is -2.38. The average molecular weight is 262 g/mol. The van der Waals surface area contributed by atoms with E-state index in [1.807, 2.05) is 0 Å². The summed E-state index contributed by atoms with van der Waals surface area (Å²) in [5, 5.41) is 6.73. The quantitative estimate of drug-likeness (QED) is 0.818. The van der Waals surface area contributed by atoms with E-state index in [0.29, 0.717) is 13.0 Å². The van der Waals surface area contributed by atoms with E-state index < -0.39 is 12.0 Å². The second-order valence-electron chi connectivity index (χ2n) is 4.19. The van der Waals surface area contributed by atoms with Crippen LogP contribution in [0.1, 0.15) is 25.0 Å². The van der Waals surface area contributed by atoms with Crippen LogP contribution in [-0.2, 0) is 24.1 Å². The molecule has 0 spiro atoms. The monoisotopic (exact) mass is 262 g/mol. The first-order chi connectivity index (χ1) is 8.41. The number of Topliss-reactive ketones (excluding diaryl/α,β-unsaturated/α-hetero) is 1. The fourth-order valence-electron chi connectivity index (χ4n) is 1.91. The number of carbonyl (C=O) groups is 1. The molecule has 2 rings (SSSR count). The molecular formula is C10H13F3N4O. The highest BCUT2D eigenvalue weighted by Crippen LogP contribution is 2.29. The molecule has 0 amide bonds. The number of ketones is 1. The minimum atomic E-state index is -4.48. The summed E-state index contributed by atoms with van der Waals surface area (Å²) in [4.78, 5) is 13.1. The smallest absolute Gasteiger partial charge is 0.305 e. The van der Waals surface area contributed by atoms with Crippen molar-refractivity contribution in [3.8, 4) is 0 Å². The van der Waals surface area contributed by atoms with Gasteiger partial charge in [0, 0.05) is 19.5 Å². The van der Waals surface area contributed by atoms with Crippen molar-refractivity contribution in [2.75, 3.05) is 13.1 Å².